The summed E-state index contributed by atoms with van der Waals surface area (Å²) in [6, 6.07) is 0. The molecule has 51 heavy (non-hydrogen) atoms. The number of ether oxygens (including phenoxy) is 3. The Bertz CT molecular complexity index is 768. The van der Waals surface area contributed by atoms with Crippen LogP contribution in [0.4, 0.5) is 0 Å². The molecule has 0 saturated heterocycles. The first-order chi connectivity index (χ1) is 24.9. The van der Waals surface area contributed by atoms with Crippen molar-refractivity contribution in [3.63, 3.8) is 0 Å². The molecular weight excluding hydrogens is 636 g/mol. The van der Waals surface area contributed by atoms with Crippen LogP contribution in [0.2, 0.25) is 0 Å². The molecule has 0 bridgehead atoms. The topological polar surface area (TPSA) is 78.9 Å². The summed E-state index contributed by atoms with van der Waals surface area (Å²) in [7, 11) is 0. The maximum Gasteiger partial charge on any atom is 0.306 e. The Kier molecular flexibility index (Phi) is 38.4. The van der Waals surface area contributed by atoms with Gasteiger partial charge in [-0.1, -0.05) is 207 Å². The average Bonchev–Trinajstić information content (AvgIpc) is 3.13. The van der Waals surface area contributed by atoms with E-state index >= 15 is 0 Å². The molecule has 0 aliphatic carbocycles. The van der Waals surface area contributed by atoms with Gasteiger partial charge in [0, 0.05) is 19.3 Å². The lowest BCUT2D eigenvalue weighted by Gasteiger charge is -2.18. The number of hydrogen-bond acceptors (Lipinski definition) is 6. The second-order valence-electron chi connectivity index (χ2n) is 15.6. The van der Waals surface area contributed by atoms with E-state index in [0.29, 0.717) is 19.3 Å². The van der Waals surface area contributed by atoms with Crippen LogP contribution in [0.1, 0.15) is 246 Å². The van der Waals surface area contributed by atoms with Crippen LogP contribution in [-0.2, 0) is 28.6 Å². The molecule has 0 N–H and O–H groups in total. The molecular formula is C45H86O6. The molecule has 0 aromatic rings. The number of carbonyl (C=O) groups is 3. The van der Waals surface area contributed by atoms with Gasteiger partial charge in [0.2, 0.25) is 0 Å². The molecule has 0 aromatic heterocycles. The number of carbonyl (C=O) groups excluding carboxylic acids is 3. The molecule has 0 fully saturated rings. The van der Waals surface area contributed by atoms with Crippen molar-refractivity contribution in [1.29, 1.82) is 0 Å². The van der Waals surface area contributed by atoms with Crippen LogP contribution in [0.3, 0.4) is 0 Å². The molecule has 0 radical (unpaired) electrons. The fourth-order valence-electron chi connectivity index (χ4n) is 6.59. The first-order valence-electron chi connectivity index (χ1n) is 22.4. The van der Waals surface area contributed by atoms with Gasteiger partial charge in [0.25, 0.3) is 0 Å². The minimum absolute atomic E-state index is 0.0642. The molecule has 1 unspecified atom stereocenters. The zero-order valence-electron chi connectivity index (χ0n) is 34.6. The van der Waals surface area contributed by atoms with Gasteiger partial charge in [-0.3, -0.25) is 14.4 Å². The first-order valence-corrected chi connectivity index (χ1v) is 22.4. The van der Waals surface area contributed by atoms with Gasteiger partial charge < -0.3 is 14.2 Å². The van der Waals surface area contributed by atoms with Gasteiger partial charge >= 0.3 is 17.9 Å². The zero-order chi connectivity index (χ0) is 37.5. The maximum absolute atomic E-state index is 12.7. The molecule has 0 rings (SSSR count). The first kappa shape index (κ1) is 49.4. The normalized spacial score (nSPS) is 12.5. The van der Waals surface area contributed by atoms with Crippen molar-refractivity contribution in [3.05, 3.63) is 0 Å². The molecule has 6 nitrogen and oxygen atoms in total. The quantitative estimate of drug-likeness (QED) is 0.0356. The highest BCUT2D eigenvalue weighted by Gasteiger charge is 2.19. The van der Waals surface area contributed by atoms with E-state index in [1.165, 1.54) is 141 Å². The summed E-state index contributed by atoms with van der Waals surface area (Å²) in [4.78, 5) is 37.6. The highest BCUT2D eigenvalue weighted by Crippen LogP contribution is 2.17. The summed E-state index contributed by atoms with van der Waals surface area (Å²) in [5, 5.41) is 0. The third-order valence-electron chi connectivity index (χ3n) is 10.4. The highest BCUT2D eigenvalue weighted by atomic mass is 16.6. The van der Waals surface area contributed by atoms with Gasteiger partial charge in [-0.2, -0.15) is 0 Å². The van der Waals surface area contributed by atoms with Crippen molar-refractivity contribution in [2.75, 3.05) is 13.2 Å². The van der Waals surface area contributed by atoms with E-state index in [9.17, 15) is 14.4 Å². The summed E-state index contributed by atoms with van der Waals surface area (Å²) in [5.41, 5.74) is 0. The lowest BCUT2D eigenvalue weighted by molar-refractivity contribution is -0.167. The summed E-state index contributed by atoms with van der Waals surface area (Å²) in [5.74, 6) is 0.00846. The van der Waals surface area contributed by atoms with Crippen LogP contribution >= 0.6 is 0 Å². The van der Waals surface area contributed by atoms with E-state index in [2.05, 4.69) is 27.7 Å². The van der Waals surface area contributed by atoms with Gasteiger partial charge in [0.05, 0.1) is 0 Å². The number of unbranched alkanes of at least 4 members (excludes halogenated alkanes) is 26. The van der Waals surface area contributed by atoms with Crippen LogP contribution in [-0.4, -0.2) is 37.2 Å². The largest absolute Gasteiger partial charge is 0.462 e. The Labute approximate surface area is 317 Å². The Hall–Kier alpha value is -1.59. The standard InChI is InChI=1S/C45H86O6/c1-5-8-10-12-14-16-21-25-29-33-37-44(47)50-40-42(39-49-43(46)36-32-28-24-19-15-13-11-9-6-2)51-45(48)38-34-30-26-22-18-17-20-23-27-31-35-41(4)7-3/h41-42H,5-40H2,1-4H3/t41?,42-/m1/s1. The highest BCUT2D eigenvalue weighted by molar-refractivity contribution is 5.71. The van der Waals surface area contributed by atoms with E-state index < -0.39 is 6.10 Å². The SMILES string of the molecule is CCCCCCCCCCCCC(=O)OC[C@@H](COC(=O)CCCCCCCCCCC)OC(=O)CCCCCCCCCCCCC(C)CC. The lowest BCUT2D eigenvalue weighted by atomic mass is 9.99. The van der Waals surface area contributed by atoms with E-state index in [1.807, 2.05) is 0 Å². The monoisotopic (exact) mass is 723 g/mol. The molecule has 2 atom stereocenters. The smallest absolute Gasteiger partial charge is 0.306 e. The van der Waals surface area contributed by atoms with E-state index in [4.69, 9.17) is 14.2 Å². The third kappa shape index (κ3) is 38.0. The van der Waals surface area contributed by atoms with E-state index in [0.717, 1.165) is 63.7 Å². The van der Waals surface area contributed by atoms with Crippen LogP contribution in [0.25, 0.3) is 0 Å². The molecule has 6 heteroatoms. The molecule has 0 aliphatic heterocycles. The van der Waals surface area contributed by atoms with Crippen molar-refractivity contribution >= 4 is 17.9 Å². The minimum atomic E-state index is -0.758. The van der Waals surface area contributed by atoms with Crippen molar-refractivity contribution in [1.82, 2.24) is 0 Å². The second-order valence-corrected chi connectivity index (χ2v) is 15.6. The summed E-state index contributed by atoms with van der Waals surface area (Å²) < 4.78 is 16.7. The average molecular weight is 723 g/mol. The van der Waals surface area contributed by atoms with Crippen LogP contribution < -0.4 is 0 Å². The summed E-state index contributed by atoms with van der Waals surface area (Å²) >= 11 is 0. The van der Waals surface area contributed by atoms with Gasteiger partial charge in [-0.15, -0.1) is 0 Å². The van der Waals surface area contributed by atoms with Gasteiger partial charge in [0.15, 0.2) is 6.10 Å². The molecule has 0 amide bonds. The fourth-order valence-corrected chi connectivity index (χ4v) is 6.59. The Morgan fingerprint density at radius 1 is 0.392 bits per heavy atom. The Balaban J connectivity index is 4.32. The summed E-state index contributed by atoms with van der Waals surface area (Å²) in [6.45, 7) is 8.99. The third-order valence-corrected chi connectivity index (χ3v) is 10.4. The van der Waals surface area contributed by atoms with Crippen LogP contribution in [0, 0.1) is 5.92 Å². The lowest BCUT2D eigenvalue weighted by Crippen LogP contribution is -2.30. The number of hydrogen-bond donors (Lipinski definition) is 0. The minimum Gasteiger partial charge on any atom is -0.462 e. The van der Waals surface area contributed by atoms with Crippen molar-refractivity contribution < 1.29 is 28.6 Å². The molecule has 0 heterocycles. The Morgan fingerprint density at radius 2 is 0.686 bits per heavy atom. The molecule has 0 aromatic carbocycles. The maximum atomic E-state index is 12.7. The van der Waals surface area contributed by atoms with E-state index in [-0.39, 0.29) is 31.1 Å². The Morgan fingerprint density at radius 3 is 1.02 bits per heavy atom. The number of esters is 3. The molecule has 302 valence electrons. The van der Waals surface area contributed by atoms with Gasteiger partial charge in [0.1, 0.15) is 13.2 Å². The van der Waals surface area contributed by atoms with Crippen molar-refractivity contribution in [3.8, 4) is 0 Å². The zero-order valence-corrected chi connectivity index (χ0v) is 34.6. The van der Waals surface area contributed by atoms with Crippen LogP contribution in [0.5, 0.6) is 0 Å². The molecule has 0 aliphatic rings. The number of rotatable bonds is 40. The van der Waals surface area contributed by atoms with Gasteiger partial charge in [-0.05, 0) is 25.2 Å². The molecule has 0 spiro atoms. The second kappa shape index (κ2) is 39.6. The van der Waals surface area contributed by atoms with Gasteiger partial charge in [-0.25, -0.2) is 0 Å². The van der Waals surface area contributed by atoms with Crippen molar-refractivity contribution in [2.24, 2.45) is 5.92 Å². The van der Waals surface area contributed by atoms with E-state index in [1.54, 1.807) is 0 Å². The van der Waals surface area contributed by atoms with Crippen LogP contribution in [0.15, 0.2) is 0 Å². The summed E-state index contributed by atoms with van der Waals surface area (Å²) in [6.07, 6.45) is 37.9. The molecule has 0 saturated carbocycles. The predicted molar refractivity (Wildman–Crippen MR) is 215 cm³/mol. The fraction of sp³-hybridized carbons (Fsp3) is 0.933. The van der Waals surface area contributed by atoms with Crippen molar-refractivity contribution in [2.45, 2.75) is 252 Å². The predicted octanol–water partition coefficient (Wildman–Crippen LogP) is 13.9.